The van der Waals surface area contributed by atoms with E-state index in [0.717, 1.165) is 11.1 Å². The summed E-state index contributed by atoms with van der Waals surface area (Å²) in [5, 5.41) is 4.48. The molecule has 0 fully saturated rings. The van der Waals surface area contributed by atoms with E-state index in [-0.39, 0.29) is 24.8 Å². The van der Waals surface area contributed by atoms with E-state index in [0.29, 0.717) is 27.1 Å². The average molecular weight is 532 g/mol. The second-order valence-corrected chi connectivity index (χ2v) is 10.7. The molecule has 0 aromatic heterocycles. The number of benzene rings is 3. The van der Waals surface area contributed by atoms with Crippen LogP contribution in [0.5, 0.6) is 0 Å². The van der Waals surface area contributed by atoms with Crippen LogP contribution in [-0.2, 0) is 29.0 Å². The maximum Gasteiger partial charge on any atom is 0.243 e. The summed E-state index contributed by atoms with van der Waals surface area (Å²) in [4.78, 5) is 28.9. The number of hydrogen-bond acceptors (Lipinski definition) is 2. The molecule has 7 heteroatoms. The molecule has 3 rings (SSSR count). The van der Waals surface area contributed by atoms with E-state index in [9.17, 15) is 9.59 Å². The molecular formula is C28H29Cl3N2O2. The molecule has 4 nitrogen and oxygen atoms in total. The summed E-state index contributed by atoms with van der Waals surface area (Å²) >= 11 is 18.9. The summed E-state index contributed by atoms with van der Waals surface area (Å²) in [6.07, 6.45) is 0.377. The van der Waals surface area contributed by atoms with Crippen molar-refractivity contribution in [2.45, 2.75) is 51.7 Å². The highest BCUT2D eigenvalue weighted by atomic mass is 35.5. The van der Waals surface area contributed by atoms with Crippen LogP contribution in [0, 0.1) is 0 Å². The lowest BCUT2D eigenvalue weighted by atomic mass is 10.00. The minimum absolute atomic E-state index is 0.0224. The van der Waals surface area contributed by atoms with Gasteiger partial charge in [0.05, 0.1) is 6.42 Å². The van der Waals surface area contributed by atoms with Gasteiger partial charge in [-0.1, -0.05) is 89.4 Å². The molecule has 3 aromatic carbocycles. The average Bonchev–Trinajstić information content (AvgIpc) is 2.78. The van der Waals surface area contributed by atoms with Gasteiger partial charge in [-0.3, -0.25) is 9.59 Å². The molecular weight excluding hydrogens is 503 g/mol. The molecule has 0 aliphatic rings. The Morgan fingerprint density at radius 1 is 0.857 bits per heavy atom. The van der Waals surface area contributed by atoms with E-state index in [1.807, 2.05) is 69.3 Å². The monoisotopic (exact) mass is 530 g/mol. The summed E-state index contributed by atoms with van der Waals surface area (Å²) in [7, 11) is 0. The molecule has 0 spiro atoms. The molecule has 1 atom stereocenters. The molecule has 0 aliphatic heterocycles. The quantitative estimate of drug-likeness (QED) is 0.350. The van der Waals surface area contributed by atoms with Crippen molar-refractivity contribution in [3.8, 4) is 0 Å². The van der Waals surface area contributed by atoms with Crippen molar-refractivity contribution >= 4 is 46.6 Å². The summed E-state index contributed by atoms with van der Waals surface area (Å²) in [5.74, 6) is -0.469. The highest BCUT2D eigenvalue weighted by Crippen LogP contribution is 2.25. The smallest absolute Gasteiger partial charge is 0.243 e. The van der Waals surface area contributed by atoms with Gasteiger partial charge in [0.2, 0.25) is 11.8 Å². The Kier molecular flexibility index (Phi) is 9.23. The van der Waals surface area contributed by atoms with Gasteiger partial charge >= 0.3 is 0 Å². The molecule has 184 valence electrons. The van der Waals surface area contributed by atoms with Crippen LogP contribution >= 0.6 is 34.8 Å². The predicted molar refractivity (Wildman–Crippen MR) is 144 cm³/mol. The zero-order chi connectivity index (χ0) is 25.6. The van der Waals surface area contributed by atoms with E-state index in [1.54, 1.807) is 29.2 Å². The fraction of sp³-hybridized carbons (Fsp3) is 0.286. The molecule has 0 bridgehead atoms. The van der Waals surface area contributed by atoms with Gasteiger partial charge in [-0.05, 0) is 55.7 Å². The van der Waals surface area contributed by atoms with Crippen molar-refractivity contribution < 1.29 is 9.59 Å². The summed E-state index contributed by atoms with van der Waals surface area (Å²) in [5.41, 5.74) is 1.87. The van der Waals surface area contributed by atoms with Crippen LogP contribution in [0.1, 0.15) is 37.5 Å². The molecule has 35 heavy (non-hydrogen) atoms. The van der Waals surface area contributed by atoms with Gasteiger partial charge in [-0.15, -0.1) is 0 Å². The Hall–Kier alpha value is -2.53. The second-order valence-electron chi connectivity index (χ2n) is 9.47. The first-order valence-electron chi connectivity index (χ1n) is 11.4. The van der Waals surface area contributed by atoms with Crippen molar-refractivity contribution in [1.29, 1.82) is 0 Å². The number of nitrogens with one attached hydrogen (secondary N) is 1. The number of carbonyl (C=O) groups is 2. The van der Waals surface area contributed by atoms with Gasteiger partial charge in [0.1, 0.15) is 6.04 Å². The van der Waals surface area contributed by atoms with Gasteiger partial charge < -0.3 is 10.2 Å². The Morgan fingerprint density at radius 3 is 2.14 bits per heavy atom. The third-order valence-electron chi connectivity index (χ3n) is 5.42. The second kappa shape index (κ2) is 11.9. The predicted octanol–water partition coefficient (Wildman–Crippen LogP) is 6.74. The summed E-state index contributed by atoms with van der Waals surface area (Å²) in [6.45, 7) is 5.92. The Bertz CT molecular complexity index is 1180. The van der Waals surface area contributed by atoms with Crippen molar-refractivity contribution in [1.82, 2.24) is 10.2 Å². The topological polar surface area (TPSA) is 49.4 Å². The van der Waals surface area contributed by atoms with Crippen LogP contribution in [0.4, 0.5) is 0 Å². The van der Waals surface area contributed by atoms with Crippen molar-refractivity contribution in [3.63, 3.8) is 0 Å². The molecule has 0 saturated carbocycles. The number of carbonyl (C=O) groups excluding carboxylic acids is 2. The molecule has 0 radical (unpaired) electrons. The number of hydrogen-bond donors (Lipinski definition) is 1. The summed E-state index contributed by atoms with van der Waals surface area (Å²) in [6, 6.07) is 21.3. The third-order valence-corrected chi connectivity index (χ3v) is 6.38. The van der Waals surface area contributed by atoms with Crippen molar-refractivity contribution in [2.75, 3.05) is 0 Å². The van der Waals surface area contributed by atoms with Crippen molar-refractivity contribution in [2.24, 2.45) is 0 Å². The first-order chi connectivity index (χ1) is 16.5. The highest BCUT2D eigenvalue weighted by molar-refractivity contribution is 6.35. The minimum Gasteiger partial charge on any atom is -0.350 e. The summed E-state index contributed by atoms with van der Waals surface area (Å²) < 4.78 is 0. The van der Waals surface area contributed by atoms with Gasteiger partial charge in [-0.25, -0.2) is 0 Å². The number of nitrogens with zero attached hydrogens (tertiary/aromatic N) is 1. The van der Waals surface area contributed by atoms with Crippen LogP contribution in [0.15, 0.2) is 72.8 Å². The zero-order valence-corrected chi connectivity index (χ0v) is 22.3. The van der Waals surface area contributed by atoms with Crippen LogP contribution in [0.25, 0.3) is 0 Å². The molecule has 0 heterocycles. The molecule has 0 aliphatic carbocycles. The first kappa shape index (κ1) is 27.1. The van der Waals surface area contributed by atoms with Crippen LogP contribution < -0.4 is 5.32 Å². The Morgan fingerprint density at radius 2 is 1.51 bits per heavy atom. The maximum atomic E-state index is 13.8. The number of rotatable bonds is 8. The van der Waals surface area contributed by atoms with E-state index in [4.69, 9.17) is 34.8 Å². The maximum absolute atomic E-state index is 13.8. The fourth-order valence-electron chi connectivity index (χ4n) is 3.75. The van der Waals surface area contributed by atoms with Gasteiger partial charge in [0.25, 0.3) is 0 Å². The van der Waals surface area contributed by atoms with Crippen LogP contribution in [0.2, 0.25) is 15.1 Å². The Labute approximate surface area is 222 Å². The van der Waals surface area contributed by atoms with E-state index in [1.165, 1.54) is 0 Å². The molecule has 3 aromatic rings. The van der Waals surface area contributed by atoms with Crippen LogP contribution in [-0.4, -0.2) is 28.3 Å². The van der Waals surface area contributed by atoms with Gasteiger partial charge in [-0.2, -0.15) is 0 Å². The Balaban J connectivity index is 2.02. The molecule has 2 amide bonds. The number of halogens is 3. The minimum atomic E-state index is -0.758. The highest BCUT2D eigenvalue weighted by Gasteiger charge is 2.32. The van der Waals surface area contributed by atoms with E-state index >= 15 is 0 Å². The first-order valence-corrected chi connectivity index (χ1v) is 12.5. The molecule has 0 unspecified atom stereocenters. The fourth-order valence-corrected chi connectivity index (χ4v) is 4.42. The lowest BCUT2D eigenvalue weighted by Crippen LogP contribution is -2.54. The van der Waals surface area contributed by atoms with Crippen LogP contribution in [0.3, 0.4) is 0 Å². The largest absolute Gasteiger partial charge is 0.350 e. The van der Waals surface area contributed by atoms with Gasteiger partial charge in [0.15, 0.2) is 0 Å². The zero-order valence-electron chi connectivity index (χ0n) is 20.0. The SMILES string of the molecule is CC(C)(C)NC(=O)[C@H](Cc1ccccc1)N(Cc1ccccc1Cl)C(=O)Cc1ccc(Cl)cc1Cl. The normalized spacial score (nSPS) is 12.2. The standard InChI is InChI=1S/C28H29Cl3N2O2/c1-28(2,3)32-27(35)25(15-19-9-5-4-6-10-19)33(18-21-11-7-8-12-23(21)30)26(34)16-20-13-14-22(29)17-24(20)31/h4-14,17,25H,15-16,18H2,1-3H3,(H,32,35)/t25-/m0/s1. The van der Waals surface area contributed by atoms with Gasteiger partial charge in [0, 0.05) is 33.6 Å². The number of amides is 2. The van der Waals surface area contributed by atoms with E-state index < -0.39 is 11.6 Å². The lowest BCUT2D eigenvalue weighted by Gasteiger charge is -2.34. The third kappa shape index (κ3) is 7.99. The molecule has 0 saturated heterocycles. The lowest BCUT2D eigenvalue weighted by molar-refractivity contribution is -0.141. The molecule has 1 N–H and O–H groups in total. The van der Waals surface area contributed by atoms with Crippen molar-refractivity contribution in [3.05, 3.63) is 105 Å². The van der Waals surface area contributed by atoms with E-state index in [2.05, 4.69) is 5.32 Å².